The van der Waals surface area contributed by atoms with E-state index in [9.17, 15) is 4.79 Å². The SMILES string of the molecule is CC(=O)OC(C)Cn1c(-c2ccccc2)cc2cc(Br)ccc21. The van der Waals surface area contributed by atoms with E-state index in [2.05, 4.69) is 50.8 Å². The van der Waals surface area contributed by atoms with Crippen molar-refractivity contribution in [3.63, 3.8) is 0 Å². The van der Waals surface area contributed by atoms with E-state index in [1.807, 2.05) is 31.2 Å². The van der Waals surface area contributed by atoms with Crippen LogP contribution in [0.1, 0.15) is 13.8 Å². The molecule has 0 N–H and O–H groups in total. The molecule has 0 aliphatic heterocycles. The van der Waals surface area contributed by atoms with E-state index >= 15 is 0 Å². The first kappa shape index (κ1) is 15.8. The molecule has 1 heterocycles. The molecule has 23 heavy (non-hydrogen) atoms. The fourth-order valence-corrected chi connectivity index (χ4v) is 3.24. The van der Waals surface area contributed by atoms with Gasteiger partial charge >= 0.3 is 5.97 Å². The highest BCUT2D eigenvalue weighted by Gasteiger charge is 2.14. The quantitative estimate of drug-likeness (QED) is 0.602. The summed E-state index contributed by atoms with van der Waals surface area (Å²) in [6, 6.07) is 18.7. The Labute approximate surface area is 144 Å². The number of carbonyl (C=O) groups excluding carboxylic acids is 1. The smallest absolute Gasteiger partial charge is 0.302 e. The van der Waals surface area contributed by atoms with Gasteiger partial charge in [0.05, 0.1) is 6.54 Å². The van der Waals surface area contributed by atoms with Crippen LogP contribution in [0.2, 0.25) is 0 Å². The highest BCUT2D eigenvalue weighted by atomic mass is 79.9. The van der Waals surface area contributed by atoms with Crippen LogP contribution in [-0.4, -0.2) is 16.6 Å². The maximum atomic E-state index is 11.2. The van der Waals surface area contributed by atoms with E-state index in [0.29, 0.717) is 6.54 Å². The molecule has 0 spiro atoms. The zero-order valence-corrected chi connectivity index (χ0v) is 14.7. The van der Waals surface area contributed by atoms with Crippen molar-refractivity contribution in [1.29, 1.82) is 0 Å². The summed E-state index contributed by atoms with van der Waals surface area (Å²) < 4.78 is 8.58. The molecule has 1 unspecified atom stereocenters. The van der Waals surface area contributed by atoms with Gasteiger partial charge in [-0.25, -0.2) is 0 Å². The number of aromatic nitrogens is 1. The van der Waals surface area contributed by atoms with Gasteiger partial charge < -0.3 is 9.30 Å². The maximum Gasteiger partial charge on any atom is 0.302 e. The summed E-state index contributed by atoms with van der Waals surface area (Å²) in [5, 5.41) is 1.16. The van der Waals surface area contributed by atoms with Crippen LogP contribution in [0.3, 0.4) is 0 Å². The second-order valence-corrected chi connectivity index (χ2v) is 6.55. The third-order valence-corrected chi connectivity index (χ3v) is 4.23. The van der Waals surface area contributed by atoms with Gasteiger partial charge in [-0.3, -0.25) is 4.79 Å². The highest BCUT2D eigenvalue weighted by molar-refractivity contribution is 9.10. The topological polar surface area (TPSA) is 31.2 Å². The number of ether oxygens (including phenoxy) is 1. The molecule has 0 radical (unpaired) electrons. The largest absolute Gasteiger partial charge is 0.461 e. The second-order valence-electron chi connectivity index (χ2n) is 5.63. The van der Waals surface area contributed by atoms with Crippen molar-refractivity contribution in [2.45, 2.75) is 26.5 Å². The van der Waals surface area contributed by atoms with Crippen LogP contribution >= 0.6 is 15.9 Å². The van der Waals surface area contributed by atoms with Crippen molar-refractivity contribution in [1.82, 2.24) is 4.57 Å². The molecular weight excluding hydrogens is 354 g/mol. The number of rotatable bonds is 4. The lowest BCUT2D eigenvalue weighted by atomic mass is 10.1. The molecule has 0 aliphatic carbocycles. The van der Waals surface area contributed by atoms with Crippen molar-refractivity contribution in [2.75, 3.05) is 0 Å². The minimum absolute atomic E-state index is 0.186. The Morgan fingerprint density at radius 1 is 1.17 bits per heavy atom. The molecule has 0 fully saturated rings. The molecular formula is C19H18BrNO2. The predicted molar refractivity (Wildman–Crippen MR) is 96.3 cm³/mol. The van der Waals surface area contributed by atoms with Crippen molar-refractivity contribution in [3.8, 4) is 11.3 Å². The van der Waals surface area contributed by atoms with Gasteiger partial charge in [-0.2, -0.15) is 0 Å². The van der Waals surface area contributed by atoms with Crippen LogP contribution in [0.4, 0.5) is 0 Å². The predicted octanol–water partition coefficient (Wildman–Crippen LogP) is 5.02. The molecule has 0 aliphatic rings. The Hall–Kier alpha value is -2.07. The van der Waals surface area contributed by atoms with Crippen molar-refractivity contribution in [2.24, 2.45) is 0 Å². The summed E-state index contributed by atoms with van der Waals surface area (Å²) in [7, 11) is 0. The summed E-state index contributed by atoms with van der Waals surface area (Å²) in [6.07, 6.45) is -0.186. The van der Waals surface area contributed by atoms with Crippen molar-refractivity contribution in [3.05, 3.63) is 59.1 Å². The van der Waals surface area contributed by atoms with Gasteiger partial charge in [0.25, 0.3) is 0 Å². The summed E-state index contributed by atoms with van der Waals surface area (Å²) in [5.74, 6) is -0.252. The van der Waals surface area contributed by atoms with E-state index < -0.39 is 0 Å². The molecule has 2 aromatic carbocycles. The molecule has 1 atom stereocenters. The lowest BCUT2D eigenvalue weighted by Gasteiger charge is -2.16. The number of benzene rings is 2. The Bertz CT molecular complexity index is 839. The molecule has 118 valence electrons. The highest BCUT2D eigenvalue weighted by Crippen LogP contribution is 2.30. The van der Waals surface area contributed by atoms with Gasteiger partial charge in [0, 0.05) is 28.0 Å². The van der Waals surface area contributed by atoms with Gasteiger partial charge in [0.1, 0.15) is 6.10 Å². The minimum atomic E-state index is -0.252. The number of halogens is 1. The number of esters is 1. The normalized spacial score (nSPS) is 12.3. The Morgan fingerprint density at radius 3 is 2.61 bits per heavy atom. The molecule has 0 bridgehead atoms. The first-order chi connectivity index (χ1) is 11.0. The molecule has 1 aromatic heterocycles. The van der Waals surface area contributed by atoms with Crippen LogP contribution < -0.4 is 0 Å². The van der Waals surface area contributed by atoms with Gasteiger partial charge in [0.15, 0.2) is 0 Å². The lowest BCUT2D eigenvalue weighted by molar-refractivity contribution is -0.145. The first-order valence-electron chi connectivity index (χ1n) is 7.56. The fourth-order valence-electron chi connectivity index (χ4n) is 2.86. The Morgan fingerprint density at radius 2 is 1.91 bits per heavy atom. The van der Waals surface area contributed by atoms with Gasteiger partial charge in [-0.1, -0.05) is 46.3 Å². The number of hydrogen-bond donors (Lipinski definition) is 0. The maximum absolute atomic E-state index is 11.2. The van der Waals surface area contributed by atoms with Crippen LogP contribution in [0.15, 0.2) is 59.1 Å². The van der Waals surface area contributed by atoms with Crippen LogP contribution in [0.25, 0.3) is 22.2 Å². The van der Waals surface area contributed by atoms with E-state index in [4.69, 9.17) is 4.74 Å². The monoisotopic (exact) mass is 371 g/mol. The standard InChI is InChI=1S/C19H18BrNO2/c1-13(23-14(2)22)12-21-18-9-8-17(20)10-16(18)11-19(21)15-6-4-3-5-7-15/h3-11,13H,12H2,1-2H3. The van der Waals surface area contributed by atoms with Crippen LogP contribution in [-0.2, 0) is 16.1 Å². The second kappa shape index (κ2) is 6.59. The molecule has 4 heteroatoms. The molecule has 3 rings (SSSR count). The lowest BCUT2D eigenvalue weighted by Crippen LogP contribution is -2.19. The van der Waals surface area contributed by atoms with E-state index in [1.165, 1.54) is 6.92 Å². The number of hydrogen-bond acceptors (Lipinski definition) is 2. The Balaban J connectivity index is 2.10. The average Bonchev–Trinajstić information content (AvgIpc) is 2.85. The summed E-state index contributed by atoms with van der Waals surface area (Å²) in [5.41, 5.74) is 3.40. The van der Waals surface area contributed by atoms with Gasteiger partial charge in [0.2, 0.25) is 0 Å². The number of fused-ring (bicyclic) bond motifs is 1. The number of nitrogens with zero attached hydrogens (tertiary/aromatic N) is 1. The Kier molecular flexibility index (Phi) is 4.53. The van der Waals surface area contributed by atoms with E-state index in [1.54, 1.807) is 0 Å². The average molecular weight is 372 g/mol. The minimum Gasteiger partial charge on any atom is -0.461 e. The number of carbonyl (C=O) groups is 1. The van der Waals surface area contributed by atoms with E-state index in [0.717, 1.165) is 26.6 Å². The third-order valence-electron chi connectivity index (χ3n) is 3.74. The third kappa shape index (κ3) is 3.48. The molecule has 3 aromatic rings. The van der Waals surface area contributed by atoms with Gasteiger partial charge in [-0.05, 0) is 36.8 Å². The zero-order chi connectivity index (χ0) is 16.4. The first-order valence-corrected chi connectivity index (χ1v) is 8.35. The van der Waals surface area contributed by atoms with Crippen LogP contribution in [0, 0.1) is 0 Å². The van der Waals surface area contributed by atoms with Crippen LogP contribution in [0.5, 0.6) is 0 Å². The summed E-state index contributed by atoms with van der Waals surface area (Å²) >= 11 is 3.53. The van der Waals surface area contributed by atoms with Gasteiger partial charge in [-0.15, -0.1) is 0 Å². The fraction of sp³-hybridized carbons (Fsp3) is 0.211. The van der Waals surface area contributed by atoms with E-state index in [-0.39, 0.29) is 12.1 Å². The van der Waals surface area contributed by atoms with Crippen molar-refractivity contribution >= 4 is 32.8 Å². The molecule has 0 amide bonds. The molecule has 0 saturated heterocycles. The molecule has 0 saturated carbocycles. The zero-order valence-electron chi connectivity index (χ0n) is 13.1. The molecule has 3 nitrogen and oxygen atoms in total. The summed E-state index contributed by atoms with van der Waals surface area (Å²) in [6.45, 7) is 3.98. The van der Waals surface area contributed by atoms with Crippen molar-refractivity contribution < 1.29 is 9.53 Å². The summed E-state index contributed by atoms with van der Waals surface area (Å²) in [4.78, 5) is 11.2.